The van der Waals surface area contributed by atoms with Crippen molar-refractivity contribution in [2.24, 2.45) is 0 Å². The Bertz CT molecular complexity index is 1040. The number of nitrogens with zero attached hydrogens (tertiary/aromatic N) is 3. The number of ether oxygens (including phenoxy) is 1. The fourth-order valence-electron chi connectivity index (χ4n) is 3.49. The number of aryl methyl sites for hydroxylation is 2. The standard InChI is InChI=1S/C22H26N4O3/c1-16-14-19(27)21(22(28)24-10-13-25-12-9-23-15-25)17(2)26(16)11-8-18-6-4-5-7-20(18)29-3/h4-7,9,12,14-15H,8,10-11,13H2,1-3H3,(H,24,28). The Morgan fingerprint density at radius 3 is 2.72 bits per heavy atom. The molecule has 1 amide bonds. The average molecular weight is 394 g/mol. The van der Waals surface area contributed by atoms with Gasteiger partial charge in [-0.3, -0.25) is 9.59 Å². The van der Waals surface area contributed by atoms with Gasteiger partial charge in [0.1, 0.15) is 11.3 Å². The summed E-state index contributed by atoms with van der Waals surface area (Å²) in [7, 11) is 1.65. The number of pyridine rings is 1. The maximum atomic E-state index is 12.7. The molecule has 29 heavy (non-hydrogen) atoms. The molecular formula is C22H26N4O3. The first-order chi connectivity index (χ1) is 14.0. The van der Waals surface area contributed by atoms with Gasteiger partial charge in [0, 0.05) is 49.5 Å². The lowest BCUT2D eigenvalue weighted by molar-refractivity contribution is 0.0949. The molecule has 0 fully saturated rings. The molecule has 1 N–H and O–H groups in total. The second kappa shape index (κ2) is 9.23. The maximum absolute atomic E-state index is 12.7. The molecule has 0 bridgehead atoms. The van der Waals surface area contributed by atoms with Gasteiger partial charge in [0.25, 0.3) is 5.91 Å². The second-order valence-electron chi connectivity index (χ2n) is 6.88. The molecule has 0 aliphatic heterocycles. The Kier molecular flexibility index (Phi) is 6.49. The number of nitrogens with one attached hydrogen (secondary N) is 1. The Morgan fingerprint density at radius 2 is 2.00 bits per heavy atom. The number of imidazole rings is 1. The molecule has 1 aromatic carbocycles. The highest BCUT2D eigenvalue weighted by atomic mass is 16.5. The molecule has 0 saturated carbocycles. The van der Waals surface area contributed by atoms with E-state index in [1.54, 1.807) is 19.6 Å². The number of hydrogen-bond donors (Lipinski definition) is 1. The van der Waals surface area contributed by atoms with Gasteiger partial charge in [0.2, 0.25) is 0 Å². The fraction of sp³-hybridized carbons (Fsp3) is 0.318. The minimum atomic E-state index is -0.348. The summed E-state index contributed by atoms with van der Waals surface area (Å²) < 4.78 is 9.30. The van der Waals surface area contributed by atoms with Crippen molar-refractivity contribution in [1.29, 1.82) is 0 Å². The Morgan fingerprint density at radius 1 is 1.21 bits per heavy atom. The van der Waals surface area contributed by atoms with Crippen LogP contribution in [0, 0.1) is 13.8 Å². The van der Waals surface area contributed by atoms with E-state index in [4.69, 9.17) is 4.74 Å². The molecule has 3 rings (SSSR count). The summed E-state index contributed by atoms with van der Waals surface area (Å²) in [6.07, 6.45) is 5.94. The lowest BCUT2D eigenvalue weighted by atomic mass is 10.1. The number of carbonyl (C=O) groups excluding carboxylic acids is 1. The molecule has 0 atom stereocenters. The van der Waals surface area contributed by atoms with Gasteiger partial charge < -0.3 is 19.2 Å². The monoisotopic (exact) mass is 394 g/mol. The normalized spacial score (nSPS) is 10.7. The quantitative estimate of drug-likeness (QED) is 0.636. The summed E-state index contributed by atoms with van der Waals surface area (Å²) >= 11 is 0. The summed E-state index contributed by atoms with van der Waals surface area (Å²) in [5.41, 5.74) is 2.52. The Balaban J connectivity index is 1.76. The van der Waals surface area contributed by atoms with Crippen LogP contribution < -0.4 is 15.5 Å². The number of carbonyl (C=O) groups is 1. The van der Waals surface area contributed by atoms with Crippen molar-refractivity contribution >= 4 is 5.91 Å². The first-order valence-corrected chi connectivity index (χ1v) is 9.58. The van der Waals surface area contributed by atoms with Crippen LogP contribution in [0.25, 0.3) is 0 Å². The van der Waals surface area contributed by atoms with Gasteiger partial charge in [-0.15, -0.1) is 0 Å². The molecule has 0 spiro atoms. The van der Waals surface area contributed by atoms with E-state index in [2.05, 4.69) is 10.3 Å². The van der Waals surface area contributed by atoms with Gasteiger partial charge in [-0.25, -0.2) is 4.98 Å². The zero-order valence-corrected chi connectivity index (χ0v) is 17.0. The lowest BCUT2D eigenvalue weighted by Crippen LogP contribution is -2.33. The summed E-state index contributed by atoms with van der Waals surface area (Å²) in [4.78, 5) is 29.2. The SMILES string of the molecule is COc1ccccc1CCn1c(C)cc(=O)c(C(=O)NCCn2ccnc2)c1C. The fourth-order valence-corrected chi connectivity index (χ4v) is 3.49. The molecule has 3 aromatic rings. The van der Waals surface area contributed by atoms with E-state index >= 15 is 0 Å². The molecule has 0 saturated heterocycles. The van der Waals surface area contributed by atoms with Gasteiger partial charge in [-0.1, -0.05) is 18.2 Å². The van der Waals surface area contributed by atoms with Gasteiger partial charge in [0.15, 0.2) is 5.43 Å². The highest BCUT2D eigenvalue weighted by Gasteiger charge is 2.17. The largest absolute Gasteiger partial charge is 0.496 e. The number of rotatable bonds is 8. The zero-order chi connectivity index (χ0) is 20.8. The van der Waals surface area contributed by atoms with Crippen molar-refractivity contribution < 1.29 is 9.53 Å². The molecule has 2 aromatic heterocycles. The van der Waals surface area contributed by atoms with Crippen LogP contribution in [0.5, 0.6) is 5.75 Å². The van der Waals surface area contributed by atoms with Crippen molar-refractivity contribution in [3.8, 4) is 5.75 Å². The van der Waals surface area contributed by atoms with Gasteiger partial charge in [-0.2, -0.15) is 0 Å². The number of aromatic nitrogens is 3. The van der Waals surface area contributed by atoms with Crippen molar-refractivity contribution in [2.75, 3.05) is 13.7 Å². The van der Waals surface area contributed by atoms with E-state index < -0.39 is 0 Å². The molecule has 0 aliphatic carbocycles. The number of para-hydroxylation sites is 1. The maximum Gasteiger partial charge on any atom is 0.257 e. The van der Waals surface area contributed by atoms with E-state index in [1.165, 1.54) is 6.07 Å². The van der Waals surface area contributed by atoms with Crippen LogP contribution in [0.3, 0.4) is 0 Å². The van der Waals surface area contributed by atoms with E-state index in [-0.39, 0.29) is 16.9 Å². The van der Waals surface area contributed by atoms with Crippen LogP contribution >= 0.6 is 0 Å². The van der Waals surface area contributed by atoms with Crippen LogP contribution in [-0.4, -0.2) is 33.7 Å². The third-order valence-corrected chi connectivity index (χ3v) is 5.02. The molecule has 0 aliphatic rings. The van der Waals surface area contributed by atoms with Gasteiger partial charge in [-0.05, 0) is 31.9 Å². The van der Waals surface area contributed by atoms with Crippen LogP contribution in [-0.2, 0) is 19.5 Å². The summed E-state index contributed by atoms with van der Waals surface area (Å²) in [5, 5.41) is 2.84. The summed E-state index contributed by atoms with van der Waals surface area (Å²) in [5.74, 6) is 0.486. The lowest BCUT2D eigenvalue weighted by Gasteiger charge is -2.18. The van der Waals surface area contributed by atoms with Crippen molar-refractivity contribution in [1.82, 2.24) is 19.4 Å². The number of hydrogen-bond acceptors (Lipinski definition) is 4. The molecule has 7 heteroatoms. The third-order valence-electron chi connectivity index (χ3n) is 5.02. The first kappa shape index (κ1) is 20.4. The van der Waals surface area contributed by atoms with Gasteiger partial charge >= 0.3 is 0 Å². The van der Waals surface area contributed by atoms with E-state index in [1.807, 2.05) is 53.4 Å². The minimum Gasteiger partial charge on any atom is -0.496 e. The topological polar surface area (TPSA) is 78.1 Å². The van der Waals surface area contributed by atoms with Gasteiger partial charge in [0.05, 0.1) is 13.4 Å². The molecule has 152 valence electrons. The van der Waals surface area contributed by atoms with E-state index in [0.29, 0.717) is 25.3 Å². The van der Waals surface area contributed by atoms with Crippen LogP contribution in [0.1, 0.15) is 27.3 Å². The average Bonchev–Trinajstić information content (AvgIpc) is 3.21. The zero-order valence-electron chi connectivity index (χ0n) is 17.0. The predicted octanol–water partition coefficient (Wildman–Crippen LogP) is 2.34. The van der Waals surface area contributed by atoms with Crippen molar-refractivity contribution in [3.05, 3.63) is 81.8 Å². The van der Waals surface area contributed by atoms with Crippen LogP contribution in [0.4, 0.5) is 0 Å². The molecule has 0 unspecified atom stereocenters. The minimum absolute atomic E-state index is 0.196. The Hall–Kier alpha value is -3.35. The molecular weight excluding hydrogens is 368 g/mol. The van der Waals surface area contributed by atoms with E-state index in [9.17, 15) is 9.59 Å². The second-order valence-corrected chi connectivity index (χ2v) is 6.88. The summed E-state index contributed by atoms with van der Waals surface area (Å²) in [6, 6.07) is 9.39. The smallest absolute Gasteiger partial charge is 0.257 e. The van der Waals surface area contributed by atoms with Crippen molar-refractivity contribution in [2.45, 2.75) is 33.4 Å². The van der Waals surface area contributed by atoms with Crippen molar-refractivity contribution in [3.63, 3.8) is 0 Å². The van der Waals surface area contributed by atoms with E-state index in [0.717, 1.165) is 23.4 Å². The molecule has 2 heterocycles. The van der Waals surface area contributed by atoms with Crippen LogP contribution in [0.15, 0.2) is 53.8 Å². The third kappa shape index (κ3) is 4.74. The highest BCUT2D eigenvalue weighted by molar-refractivity contribution is 5.95. The predicted molar refractivity (Wildman–Crippen MR) is 111 cm³/mol. The number of amides is 1. The first-order valence-electron chi connectivity index (χ1n) is 9.58. The highest BCUT2D eigenvalue weighted by Crippen LogP contribution is 2.19. The molecule has 7 nitrogen and oxygen atoms in total. The summed E-state index contributed by atoms with van der Waals surface area (Å²) in [6.45, 7) is 5.37. The molecule has 0 radical (unpaired) electrons. The number of benzene rings is 1. The number of methoxy groups -OCH3 is 1. The Labute approximate surface area is 170 Å². The van der Waals surface area contributed by atoms with Crippen LogP contribution in [0.2, 0.25) is 0 Å².